The molecular formula is C16H22BrNO3. The van der Waals surface area contributed by atoms with Crippen molar-refractivity contribution in [2.24, 2.45) is 0 Å². The molecule has 1 N–H and O–H groups in total. The minimum atomic E-state index is -0.637. The monoisotopic (exact) mass is 355 g/mol. The van der Waals surface area contributed by atoms with Gasteiger partial charge in [-0.05, 0) is 44.4 Å². The van der Waals surface area contributed by atoms with E-state index in [4.69, 9.17) is 4.74 Å². The van der Waals surface area contributed by atoms with Crippen LogP contribution in [0.15, 0.2) is 28.7 Å². The zero-order valence-corrected chi connectivity index (χ0v) is 13.9. The van der Waals surface area contributed by atoms with Gasteiger partial charge in [-0.2, -0.15) is 0 Å². The summed E-state index contributed by atoms with van der Waals surface area (Å²) in [6.45, 7) is 3.58. The Hall–Kier alpha value is -1.07. The van der Waals surface area contributed by atoms with E-state index in [2.05, 4.69) is 15.9 Å². The minimum Gasteiger partial charge on any atom is -0.493 e. The van der Waals surface area contributed by atoms with Gasteiger partial charge in [0.25, 0.3) is 0 Å². The number of halogens is 1. The average Bonchev–Trinajstić information content (AvgIpc) is 2.60. The first-order valence-corrected chi connectivity index (χ1v) is 8.14. The predicted octanol–water partition coefficient (Wildman–Crippen LogP) is 2.98. The number of likely N-dealkylation sites (tertiary alicyclic amines) is 1. The lowest BCUT2D eigenvalue weighted by Gasteiger charge is -2.22. The van der Waals surface area contributed by atoms with Crippen LogP contribution in [0.4, 0.5) is 0 Å². The van der Waals surface area contributed by atoms with Crippen molar-refractivity contribution in [2.75, 3.05) is 19.7 Å². The summed E-state index contributed by atoms with van der Waals surface area (Å²) in [6.07, 6.45) is 2.62. The van der Waals surface area contributed by atoms with Gasteiger partial charge in [-0.1, -0.05) is 22.0 Å². The maximum Gasteiger partial charge on any atom is 0.225 e. The summed E-state index contributed by atoms with van der Waals surface area (Å²) in [6, 6.07) is 7.59. The first kappa shape index (κ1) is 16.3. The third-order valence-corrected chi connectivity index (χ3v) is 4.29. The van der Waals surface area contributed by atoms with Crippen LogP contribution >= 0.6 is 15.9 Å². The third-order valence-electron chi connectivity index (χ3n) is 3.80. The van der Waals surface area contributed by atoms with E-state index in [0.29, 0.717) is 26.0 Å². The van der Waals surface area contributed by atoms with Crippen LogP contribution in [0.3, 0.4) is 0 Å². The van der Waals surface area contributed by atoms with Gasteiger partial charge in [0.05, 0.1) is 18.6 Å². The fourth-order valence-electron chi connectivity index (χ4n) is 2.48. The summed E-state index contributed by atoms with van der Waals surface area (Å²) in [7, 11) is 0. The molecule has 1 unspecified atom stereocenters. The topological polar surface area (TPSA) is 49.8 Å². The molecule has 21 heavy (non-hydrogen) atoms. The van der Waals surface area contributed by atoms with Crippen LogP contribution in [0, 0.1) is 0 Å². The molecule has 1 heterocycles. The Bertz CT molecular complexity index is 490. The van der Waals surface area contributed by atoms with Gasteiger partial charge in [-0.25, -0.2) is 0 Å². The largest absolute Gasteiger partial charge is 0.493 e. The second kappa shape index (κ2) is 7.27. The number of aliphatic hydroxyl groups is 1. The molecule has 1 aromatic rings. The number of amides is 1. The molecule has 1 amide bonds. The maximum absolute atomic E-state index is 12.2. The SMILES string of the molecule is CC1(O)CCCN(C(=O)CCOc2cccc(Br)c2)CC1. The lowest BCUT2D eigenvalue weighted by molar-refractivity contribution is -0.131. The van der Waals surface area contributed by atoms with Gasteiger partial charge < -0.3 is 14.7 Å². The van der Waals surface area contributed by atoms with Gasteiger partial charge in [-0.15, -0.1) is 0 Å². The van der Waals surface area contributed by atoms with Crippen LogP contribution in [0.25, 0.3) is 0 Å². The molecule has 4 nitrogen and oxygen atoms in total. The highest BCUT2D eigenvalue weighted by Gasteiger charge is 2.26. The zero-order chi connectivity index (χ0) is 15.3. The number of carbonyl (C=O) groups is 1. The Balaban J connectivity index is 1.77. The van der Waals surface area contributed by atoms with Gasteiger partial charge >= 0.3 is 0 Å². The van der Waals surface area contributed by atoms with E-state index in [1.807, 2.05) is 36.1 Å². The highest BCUT2D eigenvalue weighted by molar-refractivity contribution is 9.10. The minimum absolute atomic E-state index is 0.0997. The molecule has 1 aliphatic heterocycles. The number of hydrogen-bond donors (Lipinski definition) is 1. The number of benzene rings is 1. The molecular weight excluding hydrogens is 334 g/mol. The number of rotatable bonds is 4. The van der Waals surface area contributed by atoms with Crippen LogP contribution in [0.2, 0.25) is 0 Å². The molecule has 0 aliphatic carbocycles. The summed E-state index contributed by atoms with van der Waals surface area (Å²) in [5.74, 6) is 0.860. The molecule has 0 bridgehead atoms. The van der Waals surface area contributed by atoms with Crippen molar-refractivity contribution in [3.8, 4) is 5.75 Å². The Kier molecular flexibility index (Phi) is 5.65. The van der Waals surface area contributed by atoms with E-state index >= 15 is 0 Å². The summed E-state index contributed by atoms with van der Waals surface area (Å²) in [4.78, 5) is 14.0. The zero-order valence-electron chi connectivity index (χ0n) is 12.3. The van der Waals surface area contributed by atoms with E-state index < -0.39 is 5.60 Å². The summed E-state index contributed by atoms with van der Waals surface area (Å²) in [5, 5.41) is 10.0. The van der Waals surface area contributed by atoms with Crippen LogP contribution in [-0.2, 0) is 4.79 Å². The van der Waals surface area contributed by atoms with Crippen molar-refractivity contribution in [1.82, 2.24) is 4.90 Å². The first-order valence-electron chi connectivity index (χ1n) is 7.35. The lowest BCUT2D eigenvalue weighted by atomic mass is 9.98. The summed E-state index contributed by atoms with van der Waals surface area (Å²) >= 11 is 3.39. The van der Waals surface area contributed by atoms with E-state index in [0.717, 1.165) is 29.6 Å². The number of nitrogens with zero attached hydrogens (tertiary/aromatic N) is 1. The Labute approximate surface area is 134 Å². The van der Waals surface area contributed by atoms with Gasteiger partial charge in [0.15, 0.2) is 0 Å². The van der Waals surface area contributed by atoms with Gasteiger partial charge in [0.1, 0.15) is 5.75 Å². The number of hydrogen-bond acceptors (Lipinski definition) is 3. The van der Waals surface area contributed by atoms with Crippen molar-refractivity contribution < 1.29 is 14.6 Å². The molecule has 1 fully saturated rings. The van der Waals surface area contributed by atoms with E-state index in [9.17, 15) is 9.90 Å². The van der Waals surface area contributed by atoms with Crippen LogP contribution in [0.1, 0.15) is 32.6 Å². The van der Waals surface area contributed by atoms with E-state index in [-0.39, 0.29) is 5.91 Å². The Morgan fingerprint density at radius 3 is 3.00 bits per heavy atom. The van der Waals surface area contributed by atoms with Crippen LogP contribution in [-0.4, -0.2) is 41.2 Å². The second-order valence-corrected chi connectivity index (χ2v) is 6.70. The Morgan fingerprint density at radius 2 is 2.24 bits per heavy atom. The molecule has 1 atom stereocenters. The van der Waals surface area contributed by atoms with Crippen LogP contribution < -0.4 is 4.74 Å². The molecule has 0 radical (unpaired) electrons. The lowest BCUT2D eigenvalue weighted by Crippen LogP contribution is -2.34. The van der Waals surface area contributed by atoms with Crippen LogP contribution in [0.5, 0.6) is 5.75 Å². The summed E-state index contributed by atoms with van der Waals surface area (Å²) in [5.41, 5.74) is -0.637. The molecule has 1 saturated heterocycles. The summed E-state index contributed by atoms with van der Waals surface area (Å²) < 4.78 is 6.55. The highest BCUT2D eigenvalue weighted by Crippen LogP contribution is 2.22. The van der Waals surface area contributed by atoms with E-state index in [1.54, 1.807) is 0 Å². The highest BCUT2D eigenvalue weighted by atomic mass is 79.9. The molecule has 5 heteroatoms. The maximum atomic E-state index is 12.2. The van der Waals surface area contributed by atoms with Gasteiger partial charge in [-0.3, -0.25) is 4.79 Å². The second-order valence-electron chi connectivity index (χ2n) is 5.79. The smallest absolute Gasteiger partial charge is 0.225 e. The molecule has 1 aromatic carbocycles. The quantitative estimate of drug-likeness (QED) is 0.902. The molecule has 1 aliphatic rings. The predicted molar refractivity (Wildman–Crippen MR) is 85.3 cm³/mol. The number of ether oxygens (including phenoxy) is 1. The average molecular weight is 356 g/mol. The standard InChI is InChI=1S/C16H22BrNO3/c1-16(20)7-3-9-18(10-8-16)15(19)6-11-21-14-5-2-4-13(17)12-14/h2,4-5,12,20H,3,6-11H2,1H3. The van der Waals surface area contributed by atoms with Crippen molar-refractivity contribution in [1.29, 1.82) is 0 Å². The Morgan fingerprint density at radius 1 is 1.43 bits per heavy atom. The van der Waals surface area contributed by atoms with Crippen molar-refractivity contribution in [3.05, 3.63) is 28.7 Å². The molecule has 2 rings (SSSR count). The fourth-order valence-corrected chi connectivity index (χ4v) is 2.86. The van der Waals surface area contributed by atoms with Crippen molar-refractivity contribution >= 4 is 21.8 Å². The fraction of sp³-hybridized carbons (Fsp3) is 0.562. The molecule has 0 aromatic heterocycles. The molecule has 0 saturated carbocycles. The normalized spacial score (nSPS) is 22.7. The van der Waals surface area contributed by atoms with Gasteiger partial charge in [0.2, 0.25) is 5.91 Å². The van der Waals surface area contributed by atoms with Crippen molar-refractivity contribution in [3.63, 3.8) is 0 Å². The number of carbonyl (C=O) groups excluding carboxylic acids is 1. The first-order chi connectivity index (χ1) is 9.96. The van der Waals surface area contributed by atoms with E-state index in [1.165, 1.54) is 0 Å². The third kappa shape index (κ3) is 5.32. The van der Waals surface area contributed by atoms with Crippen molar-refractivity contribution in [2.45, 2.75) is 38.2 Å². The molecule has 116 valence electrons. The van der Waals surface area contributed by atoms with Gasteiger partial charge in [0, 0.05) is 17.6 Å². The molecule has 0 spiro atoms.